The van der Waals surface area contributed by atoms with E-state index in [2.05, 4.69) is 5.32 Å². The summed E-state index contributed by atoms with van der Waals surface area (Å²) in [7, 11) is 1.60. The highest BCUT2D eigenvalue weighted by atomic mass is 35.5. The zero-order valence-corrected chi connectivity index (χ0v) is 13.8. The Labute approximate surface area is 136 Å². The lowest BCUT2D eigenvalue weighted by Gasteiger charge is -2.24. The van der Waals surface area contributed by atoms with Crippen LogP contribution in [0.5, 0.6) is 5.75 Å². The van der Waals surface area contributed by atoms with Gasteiger partial charge in [-0.25, -0.2) is 0 Å². The number of carbonyl (C=O) groups is 2. The molecule has 0 heterocycles. The number of hydrogen-bond acceptors (Lipinski definition) is 3. The van der Waals surface area contributed by atoms with Gasteiger partial charge in [-0.15, -0.1) is 0 Å². The summed E-state index contributed by atoms with van der Waals surface area (Å²) in [5.41, 5.74) is 0.981. The van der Waals surface area contributed by atoms with Crippen LogP contribution in [0.1, 0.15) is 31.7 Å². The predicted octanol–water partition coefficient (Wildman–Crippen LogP) is 3.01. The fourth-order valence-corrected chi connectivity index (χ4v) is 3.06. The van der Waals surface area contributed by atoms with Crippen LogP contribution in [0.3, 0.4) is 0 Å². The minimum atomic E-state index is -0.0426. The fraction of sp³-hybridized carbons (Fsp3) is 0.529. The Morgan fingerprint density at radius 3 is 2.86 bits per heavy atom. The summed E-state index contributed by atoms with van der Waals surface area (Å²) in [6.07, 6.45) is 2.52. The second-order valence-corrected chi connectivity index (χ2v) is 6.24. The number of ether oxygens (including phenoxy) is 1. The maximum absolute atomic E-state index is 12.2. The molecule has 0 radical (unpaired) electrons. The molecule has 1 aliphatic carbocycles. The van der Waals surface area contributed by atoms with Gasteiger partial charge in [0.05, 0.1) is 7.11 Å². The molecule has 0 bridgehead atoms. The molecule has 1 aromatic carbocycles. The second-order valence-electron chi connectivity index (χ2n) is 5.84. The molecule has 0 spiro atoms. The molecule has 1 saturated carbocycles. The van der Waals surface area contributed by atoms with Crippen molar-refractivity contribution in [2.45, 2.75) is 32.6 Å². The zero-order chi connectivity index (χ0) is 16.1. The Kier molecular flexibility index (Phi) is 5.83. The van der Waals surface area contributed by atoms with E-state index in [0.717, 1.165) is 11.3 Å². The SMILES string of the molecule is COc1ccc(CCNC(=O)C2CCC(=O)C(C)C2)c(Cl)c1. The summed E-state index contributed by atoms with van der Waals surface area (Å²) in [5.74, 6) is 0.997. The number of ketones is 1. The first-order valence-electron chi connectivity index (χ1n) is 7.64. The number of rotatable bonds is 5. The number of benzene rings is 1. The van der Waals surface area contributed by atoms with Crippen molar-refractivity contribution in [3.05, 3.63) is 28.8 Å². The van der Waals surface area contributed by atoms with Crippen LogP contribution in [0, 0.1) is 11.8 Å². The number of carbonyl (C=O) groups excluding carboxylic acids is 2. The third kappa shape index (κ3) is 4.23. The zero-order valence-electron chi connectivity index (χ0n) is 13.0. The summed E-state index contributed by atoms with van der Waals surface area (Å²) in [5, 5.41) is 3.60. The van der Waals surface area contributed by atoms with Gasteiger partial charge in [-0.2, -0.15) is 0 Å². The first kappa shape index (κ1) is 16.8. The van der Waals surface area contributed by atoms with E-state index in [-0.39, 0.29) is 23.5 Å². The Balaban J connectivity index is 1.81. The van der Waals surface area contributed by atoms with Crippen LogP contribution >= 0.6 is 11.6 Å². The van der Waals surface area contributed by atoms with Crippen molar-refractivity contribution >= 4 is 23.3 Å². The molecule has 5 heteroatoms. The first-order chi connectivity index (χ1) is 10.5. The minimum absolute atomic E-state index is 0.000493. The van der Waals surface area contributed by atoms with Gasteiger partial charge in [-0.3, -0.25) is 9.59 Å². The van der Waals surface area contributed by atoms with Crippen LogP contribution in [0.15, 0.2) is 18.2 Å². The summed E-state index contributed by atoms with van der Waals surface area (Å²) in [6.45, 7) is 2.45. The molecule has 2 rings (SSSR count). The molecule has 2 atom stereocenters. The average Bonchev–Trinajstić information content (AvgIpc) is 2.51. The molecular weight excluding hydrogens is 302 g/mol. The third-order valence-electron chi connectivity index (χ3n) is 4.25. The van der Waals surface area contributed by atoms with E-state index in [1.54, 1.807) is 13.2 Å². The molecule has 22 heavy (non-hydrogen) atoms. The fourth-order valence-electron chi connectivity index (χ4n) is 2.80. The van der Waals surface area contributed by atoms with Gasteiger partial charge in [0.2, 0.25) is 5.91 Å². The van der Waals surface area contributed by atoms with Gasteiger partial charge in [0.1, 0.15) is 11.5 Å². The first-order valence-corrected chi connectivity index (χ1v) is 8.02. The van der Waals surface area contributed by atoms with Gasteiger partial charge >= 0.3 is 0 Å². The number of nitrogens with one attached hydrogen (secondary N) is 1. The highest BCUT2D eigenvalue weighted by molar-refractivity contribution is 6.31. The maximum atomic E-state index is 12.2. The molecule has 120 valence electrons. The van der Waals surface area contributed by atoms with Crippen LogP contribution < -0.4 is 10.1 Å². The van der Waals surface area contributed by atoms with Crippen LogP contribution in [0.2, 0.25) is 5.02 Å². The molecule has 0 aliphatic heterocycles. The smallest absolute Gasteiger partial charge is 0.223 e. The monoisotopic (exact) mass is 323 g/mol. The second kappa shape index (κ2) is 7.63. The van der Waals surface area contributed by atoms with E-state index in [9.17, 15) is 9.59 Å². The number of hydrogen-bond donors (Lipinski definition) is 1. The summed E-state index contributed by atoms with van der Waals surface area (Å²) in [4.78, 5) is 23.6. The van der Waals surface area contributed by atoms with Crippen LogP contribution in [0.25, 0.3) is 0 Å². The number of methoxy groups -OCH3 is 1. The molecule has 0 aromatic heterocycles. The average molecular weight is 324 g/mol. The quantitative estimate of drug-likeness (QED) is 0.906. The van der Waals surface area contributed by atoms with Gasteiger partial charge in [-0.1, -0.05) is 24.6 Å². The van der Waals surface area contributed by atoms with Crippen molar-refractivity contribution in [2.75, 3.05) is 13.7 Å². The van der Waals surface area contributed by atoms with Gasteiger partial charge in [-0.05, 0) is 37.0 Å². The van der Waals surface area contributed by atoms with E-state index in [4.69, 9.17) is 16.3 Å². The standard InChI is InChI=1S/C17H22ClNO3/c1-11-9-13(4-6-16(11)20)17(21)19-8-7-12-3-5-14(22-2)10-15(12)18/h3,5,10-11,13H,4,6-9H2,1-2H3,(H,19,21). The van der Waals surface area contributed by atoms with Crippen molar-refractivity contribution in [3.63, 3.8) is 0 Å². The van der Waals surface area contributed by atoms with Gasteiger partial charge in [0, 0.05) is 29.8 Å². The Bertz CT molecular complexity index is 559. The predicted molar refractivity (Wildman–Crippen MR) is 86.2 cm³/mol. The van der Waals surface area contributed by atoms with Crippen molar-refractivity contribution in [2.24, 2.45) is 11.8 Å². The molecular formula is C17H22ClNO3. The van der Waals surface area contributed by atoms with Gasteiger partial charge in [0.15, 0.2) is 0 Å². The highest BCUT2D eigenvalue weighted by Gasteiger charge is 2.29. The Hall–Kier alpha value is -1.55. The molecule has 1 aliphatic rings. The molecule has 4 nitrogen and oxygen atoms in total. The van der Waals surface area contributed by atoms with Crippen molar-refractivity contribution in [1.29, 1.82) is 0 Å². The topological polar surface area (TPSA) is 55.4 Å². The normalized spacial score (nSPS) is 21.5. The van der Waals surface area contributed by atoms with E-state index in [1.807, 2.05) is 19.1 Å². The molecule has 2 unspecified atom stereocenters. The molecule has 1 N–H and O–H groups in total. The molecule has 1 fully saturated rings. The molecule has 1 amide bonds. The minimum Gasteiger partial charge on any atom is -0.497 e. The van der Waals surface area contributed by atoms with Crippen molar-refractivity contribution < 1.29 is 14.3 Å². The largest absolute Gasteiger partial charge is 0.497 e. The van der Waals surface area contributed by atoms with Crippen LogP contribution in [0.4, 0.5) is 0 Å². The maximum Gasteiger partial charge on any atom is 0.223 e. The lowest BCUT2D eigenvalue weighted by Crippen LogP contribution is -2.36. The van der Waals surface area contributed by atoms with E-state index < -0.39 is 0 Å². The van der Waals surface area contributed by atoms with E-state index in [1.165, 1.54) is 0 Å². The molecule has 0 saturated heterocycles. The number of Topliss-reactive ketones (excluding diaryl/α,β-unsaturated/α-hetero) is 1. The molecule has 1 aromatic rings. The van der Waals surface area contributed by atoms with Crippen LogP contribution in [-0.4, -0.2) is 25.3 Å². The highest BCUT2D eigenvalue weighted by Crippen LogP contribution is 2.26. The number of halogens is 1. The van der Waals surface area contributed by atoms with Gasteiger partial charge < -0.3 is 10.1 Å². The summed E-state index contributed by atoms with van der Waals surface area (Å²) in [6, 6.07) is 5.54. The Morgan fingerprint density at radius 2 is 2.23 bits per heavy atom. The summed E-state index contributed by atoms with van der Waals surface area (Å²) < 4.78 is 5.11. The van der Waals surface area contributed by atoms with Crippen molar-refractivity contribution in [1.82, 2.24) is 5.32 Å². The lowest BCUT2D eigenvalue weighted by molar-refractivity contribution is -0.130. The van der Waals surface area contributed by atoms with Crippen molar-refractivity contribution in [3.8, 4) is 5.75 Å². The number of amides is 1. The Morgan fingerprint density at radius 1 is 1.45 bits per heavy atom. The lowest BCUT2D eigenvalue weighted by atomic mass is 9.81. The van der Waals surface area contributed by atoms with Crippen LogP contribution in [-0.2, 0) is 16.0 Å². The van der Waals surface area contributed by atoms with E-state index in [0.29, 0.717) is 37.3 Å². The van der Waals surface area contributed by atoms with Gasteiger partial charge in [0.25, 0.3) is 0 Å². The van der Waals surface area contributed by atoms with E-state index >= 15 is 0 Å². The summed E-state index contributed by atoms with van der Waals surface area (Å²) >= 11 is 6.18. The third-order valence-corrected chi connectivity index (χ3v) is 4.60.